The lowest BCUT2D eigenvalue weighted by molar-refractivity contribution is 0.233. The molecule has 0 radical (unpaired) electrons. The minimum Gasteiger partial charge on any atom is -0.394 e. The van der Waals surface area contributed by atoms with E-state index in [9.17, 15) is 9.32 Å². The number of aliphatic hydroxyl groups is 1. The molecule has 2 aliphatic rings. The van der Waals surface area contributed by atoms with E-state index in [4.69, 9.17) is 16.6 Å². The Bertz CT molecular complexity index is 979. The molecule has 0 aromatic carbocycles. The van der Waals surface area contributed by atoms with Gasteiger partial charge in [-0.25, -0.2) is 15.0 Å². The number of aryl methyl sites for hydroxylation is 1. The van der Waals surface area contributed by atoms with Gasteiger partial charge in [0.2, 0.25) is 5.95 Å². The predicted octanol–water partition coefficient (Wildman–Crippen LogP) is 2.06. The molecule has 8 nitrogen and oxygen atoms in total. The molecule has 4 heterocycles. The number of fused-ring (bicyclic) bond motifs is 1. The Hall–Kier alpha value is -2.10. The normalized spacial score (nSPS) is 19.1. The monoisotopic (exact) mass is 434 g/mol. The summed E-state index contributed by atoms with van der Waals surface area (Å²) in [5.41, 5.74) is 1.31. The van der Waals surface area contributed by atoms with E-state index < -0.39 is 16.3 Å². The van der Waals surface area contributed by atoms with E-state index in [2.05, 4.69) is 31.2 Å². The predicted molar refractivity (Wildman–Crippen MR) is 114 cm³/mol. The van der Waals surface area contributed by atoms with E-state index in [1.54, 1.807) is 12.4 Å². The van der Waals surface area contributed by atoms with E-state index in [1.807, 2.05) is 13.8 Å². The Kier molecular flexibility index (Phi) is 5.54. The zero-order valence-electron chi connectivity index (χ0n) is 16.4. The van der Waals surface area contributed by atoms with Crippen LogP contribution in [0.25, 0.3) is 5.57 Å². The van der Waals surface area contributed by atoms with Gasteiger partial charge >= 0.3 is 0 Å². The van der Waals surface area contributed by atoms with Crippen molar-refractivity contribution < 1.29 is 9.32 Å². The van der Waals surface area contributed by atoms with Crippen LogP contribution in [0.2, 0.25) is 5.02 Å². The molecule has 2 aliphatic heterocycles. The Labute approximate surface area is 176 Å². The Morgan fingerprint density at radius 3 is 2.69 bits per heavy atom. The van der Waals surface area contributed by atoms with Gasteiger partial charge in [-0.3, -0.25) is 4.21 Å². The van der Waals surface area contributed by atoms with Gasteiger partial charge in [-0.15, -0.1) is 0 Å². The molecule has 154 valence electrons. The molecule has 2 N–H and O–H groups in total. The number of hydrogen-bond donors (Lipinski definition) is 2. The molecular formula is C19H23ClN6O2S. The van der Waals surface area contributed by atoms with Crippen LogP contribution in [-0.2, 0) is 17.2 Å². The molecule has 2 aromatic rings. The zero-order chi connectivity index (χ0) is 20.6. The summed E-state index contributed by atoms with van der Waals surface area (Å²) in [6.45, 7) is 5.04. The van der Waals surface area contributed by atoms with Crippen LogP contribution < -0.4 is 10.2 Å². The summed E-state index contributed by atoms with van der Waals surface area (Å²) >= 11 is 5.87. The van der Waals surface area contributed by atoms with E-state index in [-0.39, 0.29) is 6.61 Å². The van der Waals surface area contributed by atoms with Gasteiger partial charge in [0.15, 0.2) is 5.82 Å². The van der Waals surface area contributed by atoms with E-state index in [0.29, 0.717) is 46.2 Å². The lowest BCUT2D eigenvalue weighted by atomic mass is 10.1. The molecule has 0 bridgehead atoms. The van der Waals surface area contributed by atoms with Crippen molar-refractivity contribution in [1.29, 1.82) is 0 Å². The first-order valence-electron chi connectivity index (χ1n) is 9.46. The lowest BCUT2D eigenvalue weighted by Crippen LogP contribution is -2.36. The molecule has 0 fully saturated rings. The van der Waals surface area contributed by atoms with Crippen LogP contribution in [0.4, 0.5) is 11.8 Å². The van der Waals surface area contributed by atoms with E-state index in [1.165, 1.54) is 0 Å². The third kappa shape index (κ3) is 4.26. The van der Waals surface area contributed by atoms with Crippen molar-refractivity contribution in [2.45, 2.75) is 37.1 Å². The highest BCUT2D eigenvalue weighted by atomic mass is 35.5. The van der Waals surface area contributed by atoms with E-state index >= 15 is 0 Å². The van der Waals surface area contributed by atoms with Crippen molar-refractivity contribution >= 4 is 39.7 Å². The van der Waals surface area contributed by atoms with E-state index in [0.717, 1.165) is 24.2 Å². The molecule has 0 unspecified atom stereocenters. The first kappa shape index (κ1) is 20.2. The van der Waals surface area contributed by atoms with Gasteiger partial charge in [0.25, 0.3) is 0 Å². The van der Waals surface area contributed by atoms with Gasteiger partial charge in [0.1, 0.15) is 10.7 Å². The van der Waals surface area contributed by atoms with Crippen molar-refractivity contribution in [2.24, 2.45) is 0 Å². The zero-order valence-corrected chi connectivity index (χ0v) is 17.9. The second-order valence-corrected chi connectivity index (χ2v) is 9.71. The van der Waals surface area contributed by atoms with Crippen molar-refractivity contribution in [3.05, 3.63) is 35.0 Å². The quantitative estimate of drug-likeness (QED) is 0.736. The molecule has 0 amide bonds. The van der Waals surface area contributed by atoms with Crippen molar-refractivity contribution in [3.8, 4) is 0 Å². The number of aliphatic hydroxyl groups excluding tert-OH is 1. The van der Waals surface area contributed by atoms with Gasteiger partial charge in [-0.2, -0.15) is 4.98 Å². The molecule has 29 heavy (non-hydrogen) atoms. The first-order valence-corrected chi connectivity index (χ1v) is 11.2. The molecule has 10 heteroatoms. The number of aromatic nitrogens is 4. The molecule has 4 rings (SSSR count). The average Bonchev–Trinajstić information content (AvgIpc) is 3.09. The molecular weight excluding hydrogens is 412 g/mol. The molecule has 1 atom stereocenters. The van der Waals surface area contributed by atoms with Gasteiger partial charge in [0, 0.05) is 37.7 Å². The molecule has 0 saturated heterocycles. The van der Waals surface area contributed by atoms with Crippen LogP contribution >= 0.6 is 11.6 Å². The minimum atomic E-state index is -1.12. The number of halogens is 1. The summed E-state index contributed by atoms with van der Waals surface area (Å²) in [4.78, 5) is 20.7. The number of nitrogens with zero attached hydrogens (tertiary/aromatic N) is 5. The van der Waals surface area contributed by atoms with Crippen LogP contribution in [0.1, 0.15) is 31.8 Å². The number of rotatable bonds is 5. The largest absolute Gasteiger partial charge is 0.394 e. The maximum absolute atomic E-state index is 12.5. The Morgan fingerprint density at radius 1 is 1.28 bits per heavy atom. The second-order valence-electron chi connectivity index (χ2n) is 7.76. The van der Waals surface area contributed by atoms with Gasteiger partial charge in [-0.05, 0) is 25.8 Å². The van der Waals surface area contributed by atoms with Crippen molar-refractivity contribution in [2.75, 3.05) is 35.7 Å². The Morgan fingerprint density at radius 2 is 2.03 bits per heavy atom. The van der Waals surface area contributed by atoms with Crippen LogP contribution in [0, 0.1) is 0 Å². The smallest absolute Gasteiger partial charge is 0.227 e. The topological polar surface area (TPSA) is 104 Å². The van der Waals surface area contributed by atoms with Crippen molar-refractivity contribution in [1.82, 2.24) is 19.9 Å². The van der Waals surface area contributed by atoms with Crippen LogP contribution in [0.5, 0.6) is 0 Å². The summed E-state index contributed by atoms with van der Waals surface area (Å²) in [7, 11) is -1.12. The maximum Gasteiger partial charge on any atom is 0.227 e. The summed E-state index contributed by atoms with van der Waals surface area (Å²) in [6.07, 6.45) is 6.70. The van der Waals surface area contributed by atoms with Crippen LogP contribution in [0.15, 0.2) is 23.4 Å². The molecule has 0 spiro atoms. The third-order valence-corrected chi connectivity index (χ3v) is 6.58. The highest BCUT2D eigenvalue weighted by Crippen LogP contribution is 2.32. The molecule has 0 saturated carbocycles. The molecule has 0 aliphatic carbocycles. The van der Waals surface area contributed by atoms with Gasteiger partial charge in [0.05, 0.1) is 33.7 Å². The van der Waals surface area contributed by atoms with Gasteiger partial charge in [-0.1, -0.05) is 17.7 Å². The number of hydrogen-bond acceptors (Lipinski definition) is 8. The van der Waals surface area contributed by atoms with Crippen LogP contribution in [0.3, 0.4) is 0 Å². The number of nitrogens with one attached hydrogen (secondary N) is 1. The summed E-state index contributed by atoms with van der Waals surface area (Å²) in [6, 6.07) is 0. The maximum atomic E-state index is 12.5. The fourth-order valence-corrected chi connectivity index (χ4v) is 4.71. The number of anilines is 2. The van der Waals surface area contributed by atoms with Crippen molar-refractivity contribution in [3.63, 3.8) is 0 Å². The van der Waals surface area contributed by atoms with Crippen LogP contribution in [-0.4, -0.2) is 60.2 Å². The average molecular weight is 435 g/mol. The third-order valence-electron chi connectivity index (χ3n) is 4.93. The highest BCUT2D eigenvalue weighted by Gasteiger charge is 2.30. The second kappa shape index (κ2) is 7.97. The Balaban J connectivity index is 1.61. The lowest BCUT2D eigenvalue weighted by Gasteiger charge is -2.29. The fraction of sp³-hybridized carbons (Fsp3) is 0.474. The first-order chi connectivity index (χ1) is 13.9. The standard InChI is InChI=1S/C19H23ClN6O2S/c1-19(2,11-27)25-17-15-14(5-8-29(15)28)23-18(24-17)26-6-3-12(4-7-26)16-21-9-13(20)10-22-16/h3,9-10,27H,4-8,11H2,1-2H3,(H,23,24,25)/t29-/m1/s1. The summed E-state index contributed by atoms with van der Waals surface area (Å²) in [5.74, 6) is 2.40. The van der Waals surface area contributed by atoms with Gasteiger partial charge < -0.3 is 15.3 Å². The fourth-order valence-electron chi connectivity index (χ4n) is 3.30. The summed E-state index contributed by atoms with van der Waals surface area (Å²) in [5, 5.41) is 13.4. The molecule has 2 aromatic heterocycles. The summed E-state index contributed by atoms with van der Waals surface area (Å²) < 4.78 is 12.5. The minimum absolute atomic E-state index is 0.0648. The SMILES string of the molecule is CC(C)(CO)Nc1nc(N2CC=C(c3ncc(Cl)cn3)CC2)nc2c1[S@](=O)CC2. The highest BCUT2D eigenvalue weighted by molar-refractivity contribution is 7.85.